The molecule has 3 rings (SSSR count). The SMILES string of the molecule is CN(Cc1ccc(N(C)C)cc1)C(=O)c1n[nH]c(=O)c2ccccc12. The first kappa shape index (κ1) is 16.7. The van der Waals surface area contributed by atoms with Gasteiger partial charge in [-0.15, -0.1) is 0 Å². The Labute approximate surface area is 145 Å². The fraction of sp³-hybridized carbons (Fsp3) is 0.211. The highest BCUT2D eigenvalue weighted by Crippen LogP contribution is 2.17. The topological polar surface area (TPSA) is 69.3 Å². The van der Waals surface area contributed by atoms with E-state index in [4.69, 9.17) is 0 Å². The lowest BCUT2D eigenvalue weighted by atomic mass is 10.1. The molecular weight excluding hydrogens is 316 g/mol. The highest BCUT2D eigenvalue weighted by atomic mass is 16.2. The van der Waals surface area contributed by atoms with E-state index in [1.165, 1.54) is 0 Å². The number of H-pyrrole nitrogens is 1. The number of aromatic nitrogens is 2. The number of rotatable bonds is 4. The van der Waals surface area contributed by atoms with Crippen LogP contribution < -0.4 is 10.5 Å². The molecule has 0 unspecified atom stereocenters. The molecule has 25 heavy (non-hydrogen) atoms. The highest BCUT2D eigenvalue weighted by molar-refractivity contribution is 6.04. The van der Waals surface area contributed by atoms with E-state index in [0.29, 0.717) is 17.3 Å². The quantitative estimate of drug-likeness (QED) is 0.793. The molecule has 0 aliphatic rings. The molecule has 0 aliphatic carbocycles. The molecule has 1 amide bonds. The van der Waals surface area contributed by atoms with Crippen LogP contribution in [0, 0.1) is 0 Å². The molecule has 0 radical (unpaired) electrons. The second kappa shape index (κ2) is 6.76. The number of amides is 1. The lowest BCUT2D eigenvalue weighted by Crippen LogP contribution is -2.28. The van der Waals surface area contributed by atoms with Gasteiger partial charge in [-0.05, 0) is 23.8 Å². The van der Waals surface area contributed by atoms with Gasteiger partial charge in [0.1, 0.15) is 0 Å². The lowest BCUT2D eigenvalue weighted by Gasteiger charge is -2.18. The van der Waals surface area contributed by atoms with E-state index in [-0.39, 0.29) is 17.2 Å². The van der Waals surface area contributed by atoms with Crippen molar-refractivity contribution in [3.05, 3.63) is 70.1 Å². The van der Waals surface area contributed by atoms with Gasteiger partial charge in [0.15, 0.2) is 5.69 Å². The summed E-state index contributed by atoms with van der Waals surface area (Å²) in [5, 5.41) is 7.40. The smallest absolute Gasteiger partial charge is 0.274 e. The van der Waals surface area contributed by atoms with Crippen molar-refractivity contribution in [1.29, 1.82) is 0 Å². The molecule has 0 aliphatic heterocycles. The summed E-state index contributed by atoms with van der Waals surface area (Å²) in [5.74, 6) is -0.232. The van der Waals surface area contributed by atoms with Gasteiger partial charge in [0.2, 0.25) is 0 Å². The zero-order chi connectivity index (χ0) is 18.0. The molecule has 0 bridgehead atoms. The van der Waals surface area contributed by atoms with Gasteiger partial charge in [-0.2, -0.15) is 5.10 Å². The Kier molecular flexibility index (Phi) is 4.52. The Bertz CT molecular complexity index is 961. The van der Waals surface area contributed by atoms with Crippen LogP contribution in [0.3, 0.4) is 0 Å². The molecule has 6 nitrogen and oxygen atoms in total. The third-order valence-corrected chi connectivity index (χ3v) is 4.12. The average Bonchev–Trinajstić information content (AvgIpc) is 2.62. The molecule has 0 spiro atoms. The minimum Gasteiger partial charge on any atom is -0.378 e. The van der Waals surface area contributed by atoms with E-state index in [2.05, 4.69) is 10.2 Å². The Morgan fingerprint density at radius 1 is 1.00 bits per heavy atom. The van der Waals surface area contributed by atoms with Crippen molar-refractivity contribution in [2.75, 3.05) is 26.0 Å². The Morgan fingerprint density at radius 3 is 2.28 bits per heavy atom. The van der Waals surface area contributed by atoms with Crippen LogP contribution in [-0.4, -0.2) is 42.1 Å². The number of fused-ring (bicyclic) bond motifs is 1. The third kappa shape index (κ3) is 3.38. The maximum absolute atomic E-state index is 12.8. The van der Waals surface area contributed by atoms with E-state index in [0.717, 1.165) is 11.3 Å². The Morgan fingerprint density at radius 2 is 1.64 bits per heavy atom. The Balaban J connectivity index is 1.86. The molecule has 0 saturated carbocycles. The first-order valence-corrected chi connectivity index (χ1v) is 7.96. The van der Waals surface area contributed by atoms with E-state index in [9.17, 15) is 9.59 Å². The standard InChI is InChI=1S/C19H20N4O2/c1-22(2)14-10-8-13(9-11-14)12-23(3)19(25)17-15-6-4-5-7-16(15)18(24)21-20-17/h4-11H,12H2,1-3H3,(H,21,24). The van der Waals surface area contributed by atoms with E-state index in [1.54, 1.807) is 36.2 Å². The van der Waals surface area contributed by atoms with E-state index < -0.39 is 0 Å². The first-order valence-electron chi connectivity index (χ1n) is 7.96. The molecule has 0 saturated heterocycles. The van der Waals surface area contributed by atoms with Crippen molar-refractivity contribution >= 4 is 22.4 Å². The second-order valence-electron chi connectivity index (χ2n) is 6.17. The second-order valence-corrected chi connectivity index (χ2v) is 6.17. The maximum Gasteiger partial charge on any atom is 0.274 e. The summed E-state index contributed by atoms with van der Waals surface area (Å²) in [4.78, 5) is 28.3. The van der Waals surface area contributed by atoms with Crippen LogP contribution in [0.25, 0.3) is 10.8 Å². The summed E-state index contributed by atoms with van der Waals surface area (Å²) >= 11 is 0. The maximum atomic E-state index is 12.8. The average molecular weight is 336 g/mol. The number of benzene rings is 2. The summed E-state index contributed by atoms with van der Waals surface area (Å²) in [6.45, 7) is 0.460. The molecular formula is C19H20N4O2. The van der Waals surface area contributed by atoms with Crippen molar-refractivity contribution in [3.8, 4) is 0 Å². The number of hydrogen-bond donors (Lipinski definition) is 1. The van der Waals surface area contributed by atoms with Crippen molar-refractivity contribution < 1.29 is 4.79 Å². The van der Waals surface area contributed by atoms with Crippen LogP contribution >= 0.6 is 0 Å². The fourth-order valence-corrected chi connectivity index (χ4v) is 2.70. The van der Waals surface area contributed by atoms with Gasteiger partial charge >= 0.3 is 0 Å². The van der Waals surface area contributed by atoms with Gasteiger partial charge in [0.25, 0.3) is 11.5 Å². The molecule has 0 fully saturated rings. The van der Waals surface area contributed by atoms with Gasteiger partial charge in [0.05, 0.1) is 5.39 Å². The van der Waals surface area contributed by atoms with Crippen LogP contribution in [0.5, 0.6) is 0 Å². The van der Waals surface area contributed by atoms with Crippen molar-refractivity contribution in [1.82, 2.24) is 15.1 Å². The zero-order valence-corrected chi connectivity index (χ0v) is 14.5. The number of anilines is 1. The molecule has 128 valence electrons. The summed E-state index contributed by atoms with van der Waals surface area (Å²) in [7, 11) is 5.69. The molecule has 0 atom stereocenters. The van der Waals surface area contributed by atoms with Gasteiger partial charge in [0, 0.05) is 38.8 Å². The minimum absolute atomic E-state index is 0.232. The van der Waals surface area contributed by atoms with E-state index in [1.807, 2.05) is 43.3 Å². The monoisotopic (exact) mass is 336 g/mol. The molecule has 6 heteroatoms. The van der Waals surface area contributed by atoms with Crippen LogP contribution in [-0.2, 0) is 6.54 Å². The number of carbonyl (C=O) groups excluding carboxylic acids is 1. The van der Waals surface area contributed by atoms with Crippen molar-refractivity contribution in [3.63, 3.8) is 0 Å². The normalized spacial score (nSPS) is 10.7. The molecule has 3 aromatic rings. The summed E-state index contributed by atoms with van der Waals surface area (Å²) in [6.07, 6.45) is 0. The van der Waals surface area contributed by atoms with Gasteiger partial charge in [-0.25, -0.2) is 5.10 Å². The lowest BCUT2D eigenvalue weighted by molar-refractivity contribution is 0.0780. The molecule has 1 N–H and O–H groups in total. The molecule has 2 aromatic carbocycles. The van der Waals surface area contributed by atoms with Crippen molar-refractivity contribution in [2.24, 2.45) is 0 Å². The molecule has 1 heterocycles. The third-order valence-electron chi connectivity index (χ3n) is 4.12. The highest BCUT2D eigenvalue weighted by Gasteiger charge is 2.18. The van der Waals surface area contributed by atoms with Gasteiger partial charge in [-0.1, -0.05) is 30.3 Å². The summed E-state index contributed by atoms with van der Waals surface area (Å²) in [5.41, 5.74) is 2.08. The van der Waals surface area contributed by atoms with Crippen molar-refractivity contribution in [2.45, 2.75) is 6.54 Å². The van der Waals surface area contributed by atoms with Crippen LogP contribution in [0.4, 0.5) is 5.69 Å². The number of nitrogens with one attached hydrogen (secondary N) is 1. The number of nitrogens with zero attached hydrogens (tertiary/aromatic N) is 3. The van der Waals surface area contributed by atoms with Crippen LogP contribution in [0.1, 0.15) is 16.1 Å². The van der Waals surface area contributed by atoms with Gasteiger partial charge < -0.3 is 9.80 Å². The minimum atomic E-state index is -0.297. The summed E-state index contributed by atoms with van der Waals surface area (Å²) in [6, 6.07) is 15.0. The van der Waals surface area contributed by atoms with E-state index >= 15 is 0 Å². The van der Waals surface area contributed by atoms with Gasteiger partial charge in [-0.3, -0.25) is 9.59 Å². The first-order chi connectivity index (χ1) is 12.0. The number of hydrogen-bond acceptors (Lipinski definition) is 4. The fourth-order valence-electron chi connectivity index (χ4n) is 2.70. The molecule has 1 aromatic heterocycles. The number of carbonyl (C=O) groups is 1. The largest absolute Gasteiger partial charge is 0.378 e. The van der Waals surface area contributed by atoms with Crippen LogP contribution in [0.2, 0.25) is 0 Å². The summed E-state index contributed by atoms with van der Waals surface area (Å²) < 4.78 is 0. The van der Waals surface area contributed by atoms with Crippen LogP contribution in [0.15, 0.2) is 53.3 Å². The predicted molar refractivity (Wildman–Crippen MR) is 98.9 cm³/mol. The zero-order valence-electron chi connectivity index (χ0n) is 14.5. The predicted octanol–water partition coefficient (Wildman–Crippen LogP) is 2.26. The Hall–Kier alpha value is -3.15. The number of aromatic amines is 1.